The normalized spacial score (nSPS) is 12.6. The molecule has 1 aromatic carbocycles. The van der Waals surface area contributed by atoms with Crippen molar-refractivity contribution >= 4 is 11.3 Å². The second kappa shape index (κ2) is 6.66. The van der Waals surface area contributed by atoms with E-state index in [0.29, 0.717) is 6.04 Å². The van der Waals surface area contributed by atoms with Gasteiger partial charge in [-0.15, -0.1) is 11.3 Å². The Balaban J connectivity index is 2.04. The molecule has 2 rings (SSSR count). The maximum absolute atomic E-state index is 4.15. The number of nitrogens with zero attached hydrogens (tertiary/aromatic N) is 1. The average molecular weight is 260 g/mol. The van der Waals surface area contributed by atoms with Gasteiger partial charge in [-0.3, -0.25) is 4.98 Å². The van der Waals surface area contributed by atoms with Gasteiger partial charge < -0.3 is 5.32 Å². The van der Waals surface area contributed by atoms with Crippen molar-refractivity contribution in [2.45, 2.75) is 32.7 Å². The van der Waals surface area contributed by atoms with E-state index in [0.717, 1.165) is 19.4 Å². The largest absolute Gasteiger partial charge is 0.314 e. The molecule has 0 fully saturated rings. The molecule has 1 atom stereocenters. The fourth-order valence-corrected chi connectivity index (χ4v) is 2.87. The Morgan fingerprint density at radius 1 is 1.28 bits per heavy atom. The van der Waals surface area contributed by atoms with E-state index in [2.05, 4.69) is 48.4 Å². The van der Waals surface area contributed by atoms with Crippen LogP contribution in [0.2, 0.25) is 0 Å². The standard InChI is InChI=1S/C15H20N2S/c1-3-17-14(9-15-10-16-11-18-15)8-13-7-5-4-6-12(13)2/h4-7,10-11,14,17H,3,8-9H2,1-2H3. The maximum atomic E-state index is 4.15. The second-order valence-electron chi connectivity index (χ2n) is 4.56. The molecule has 1 aromatic heterocycles. The molecule has 0 aliphatic carbocycles. The topological polar surface area (TPSA) is 24.9 Å². The minimum Gasteiger partial charge on any atom is -0.314 e. The fraction of sp³-hybridized carbons (Fsp3) is 0.400. The molecule has 1 unspecified atom stereocenters. The predicted octanol–water partition coefficient (Wildman–Crippen LogP) is 3.21. The molecule has 0 bridgehead atoms. The zero-order valence-corrected chi connectivity index (χ0v) is 11.8. The summed E-state index contributed by atoms with van der Waals surface area (Å²) in [5.74, 6) is 0. The molecule has 0 aliphatic heterocycles. The van der Waals surface area contributed by atoms with Crippen LogP contribution in [0.3, 0.4) is 0 Å². The summed E-state index contributed by atoms with van der Waals surface area (Å²) in [5.41, 5.74) is 4.73. The number of hydrogen-bond donors (Lipinski definition) is 1. The number of aryl methyl sites for hydroxylation is 1. The van der Waals surface area contributed by atoms with E-state index in [4.69, 9.17) is 0 Å². The van der Waals surface area contributed by atoms with Gasteiger partial charge in [0, 0.05) is 17.1 Å². The van der Waals surface area contributed by atoms with Crippen LogP contribution in [0.5, 0.6) is 0 Å². The van der Waals surface area contributed by atoms with Gasteiger partial charge in [0.1, 0.15) is 0 Å². The molecule has 0 saturated heterocycles. The zero-order valence-electron chi connectivity index (χ0n) is 11.0. The van der Waals surface area contributed by atoms with Crippen LogP contribution in [-0.2, 0) is 12.8 Å². The molecule has 0 amide bonds. The van der Waals surface area contributed by atoms with Gasteiger partial charge in [-0.05, 0) is 37.4 Å². The lowest BCUT2D eigenvalue weighted by atomic mass is 9.99. The van der Waals surface area contributed by atoms with Crippen LogP contribution in [0.15, 0.2) is 36.0 Å². The summed E-state index contributed by atoms with van der Waals surface area (Å²) in [6, 6.07) is 9.14. The molecular weight excluding hydrogens is 240 g/mol. The van der Waals surface area contributed by atoms with Crippen LogP contribution in [0.25, 0.3) is 0 Å². The number of likely N-dealkylation sites (N-methyl/N-ethyl adjacent to an activating group) is 1. The van der Waals surface area contributed by atoms with Gasteiger partial charge in [0.15, 0.2) is 0 Å². The van der Waals surface area contributed by atoms with Gasteiger partial charge >= 0.3 is 0 Å². The Bertz CT molecular complexity index is 465. The lowest BCUT2D eigenvalue weighted by Crippen LogP contribution is -2.33. The van der Waals surface area contributed by atoms with Crippen molar-refractivity contribution in [3.8, 4) is 0 Å². The van der Waals surface area contributed by atoms with E-state index >= 15 is 0 Å². The molecule has 1 heterocycles. The molecule has 3 heteroatoms. The molecule has 1 N–H and O–H groups in total. The molecule has 0 radical (unpaired) electrons. The molecule has 18 heavy (non-hydrogen) atoms. The molecule has 0 saturated carbocycles. The summed E-state index contributed by atoms with van der Waals surface area (Å²) in [6.07, 6.45) is 4.12. The van der Waals surface area contributed by atoms with Crippen LogP contribution in [-0.4, -0.2) is 17.6 Å². The number of benzene rings is 1. The Morgan fingerprint density at radius 3 is 2.78 bits per heavy atom. The first kappa shape index (κ1) is 13.2. The summed E-state index contributed by atoms with van der Waals surface area (Å²) in [5, 5.41) is 3.58. The van der Waals surface area contributed by atoms with E-state index in [1.807, 2.05) is 11.7 Å². The highest BCUT2D eigenvalue weighted by atomic mass is 32.1. The Hall–Kier alpha value is -1.19. The van der Waals surface area contributed by atoms with Gasteiger partial charge in [-0.25, -0.2) is 0 Å². The van der Waals surface area contributed by atoms with Crippen molar-refractivity contribution in [1.29, 1.82) is 0 Å². The van der Waals surface area contributed by atoms with Gasteiger partial charge in [-0.2, -0.15) is 0 Å². The number of rotatable bonds is 6. The van der Waals surface area contributed by atoms with Crippen LogP contribution in [0.1, 0.15) is 22.9 Å². The summed E-state index contributed by atoms with van der Waals surface area (Å²) in [7, 11) is 0. The number of thiazole rings is 1. The quantitative estimate of drug-likeness (QED) is 0.862. The van der Waals surface area contributed by atoms with E-state index in [-0.39, 0.29) is 0 Å². The van der Waals surface area contributed by atoms with Crippen molar-refractivity contribution in [2.75, 3.05) is 6.54 Å². The maximum Gasteiger partial charge on any atom is 0.0794 e. The molecular formula is C15H20N2S. The predicted molar refractivity (Wildman–Crippen MR) is 78.2 cm³/mol. The molecule has 0 spiro atoms. The van der Waals surface area contributed by atoms with Crippen molar-refractivity contribution in [3.05, 3.63) is 52.0 Å². The minimum atomic E-state index is 0.497. The Labute approximate surface area is 113 Å². The van der Waals surface area contributed by atoms with Crippen LogP contribution >= 0.6 is 11.3 Å². The van der Waals surface area contributed by atoms with Gasteiger partial charge in [0.25, 0.3) is 0 Å². The Kier molecular flexibility index (Phi) is 4.90. The summed E-state index contributed by atoms with van der Waals surface area (Å²) < 4.78 is 0. The van der Waals surface area contributed by atoms with Gasteiger partial charge in [0.05, 0.1) is 5.51 Å². The Morgan fingerprint density at radius 2 is 2.11 bits per heavy atom. The van der Waals surface area contributed by atoms with E-state index in [9.17, 15) is 0 Å². The van der Waals surface area contributed by atoms with Gasteiger partial charge in [0.2, 0.25) is 0 Å². The fourth-order valence-electron chi connectivity index (χ4n) is 2.20. The highest BCUT2D eigenvalue weighted by molar-refractivity contribution is 7.09. The summed E-state index contributed by atoms with van der Waals surface area (Å²) in [6.45, 7) is 5.36. The SMILES string of the molecule is CCNC(Cc1cncs1)Cc1ccccc1C. The molecule has 0 aliphatic rings. The first-order valence-corrected chi connectivity index (χ1v) is 7.32. The number of hydrogen-bond acceptors (Lipinski definition) is 3. The van der Waals surface area contributed by atoms with Crippen molar-refractivity contribution in [2.24, 2.45) is 0 Å². The van der Waals surface area contributed by atoms with E-state index in [1.54, 1.807) is 11.3 Å². The third-order valence-corrected chi connectivity index (χ3v) is 3.95. The highest BCUT2D eigenvalue weighted by Crippen LogP contribution is 2.14. The smallest absolute Gasteiger partial charge is 0.0794 e. The second-order valence-corrected chi connectivity index (χ2v) is 5.53. The zero-order chi connectivity index (χ0) is 12.8. The number of nitrogens with one attached hydrogen (secondary N) is 1. The van der Waals surface area contributed by atoms with Gasteiger partial charge in [-0.1, -0.05) is 31.2 Å². The monoisotopic (exact) mass is 260 g/mol. The minimum absolute atomic E-state index is 0.497. The van der Waals surface area contributed by atoms with Crippen molar-refractivity contribution < 1.29 is 0 Å². The summed E-state index contributed by atoms with van der Waals surface area (Å²) >= 11 is 1.74. The van der Waals surface area contributed by atoms with Crippen LogP contribution in [0, 0.1) is 6.92 Å². The lowest BCUT2D eigenvalue weighted by molar-refractivity contribution is 0.523. The first-order valence-electron chi connectivity index (χ1n) is 6.45. The van der Waals surface area contributed by atoms with E-state index < -0.39 is 0 Å². The third kappa shape index (κ3) is 3.65. The average Bonchev–Trinajstić information content (AvgIpc) is 2.85. The van der Waals surface area contributed by atoms with E-state index in [1.165, 1.54) is 16.0 Å². The molecule has 2 nitrogen and oxygen atoms in total. The van der Waals surface area contributed by atoms with Crippen LogP contribution in [0.4, 0.5) is 0 Å². The molecule has 96 valence electrons. The number of aromatic nitrogens is 1. The van der Waals surface area contributed by atoms with Crippen molar-refractivity contribution in [1.82, 2.24) is 10.3 Å². The summed E-state index contributed by atoms with van der Waals surface area (Å²) in [4.78, 5) is 5.51. The highest BCUT2D eigenvalue weighted by Gasteiger charge is 2.11. The van der Waals surface area contributed by atoms with Crippen LogP contribution < -0.4 is 5.32 Å². The van der Waals surface area contributed by atoms with Crippen molar-refractivity contribution in [3.63, 3.8) is 0 Å². The first-order chi connectivity index (χ1) is 8.79. The molecule has 2 aromatic rings. The lowest BCUT2D eigenvalue weighted by Gasteiger charge is -2.18. The third-order valence-electron chi connectivity index (χ3n) is 3.15.